The lowest BCUT2D eigenvalue weighted by atomic mass is 9.33. The highest BCUT2D eigenvalue weighted by Gasteiger charge is 2.45. The fraction of sp³-hybridized carbons (Fsp3) is 0.195. The number of aryl methyl sites for hydroxylation is 4. The standard InChI is InChI=1S/C82H76BN5S/c1-51-22-31-57(32-23-51)85(61-40-43-71-66(47-61)64-18-14-16-20-70(64)84(71)13)62-39-41-68-73(49-62)87(60-37-28-54(29-38-60)80(4,5)6)74-45-56(82(10,11)12)46-75-78(74)83(68)69-44-55(81(7,8)9)30-42-72(69)88(75)63-48-67-65-19-15-17-21-77(65)89-79(67)76(50-63)86(58-33-24-52(2)25-34-58)59-35-26-53(3)27-36-59/h14-50H,1-13H3. The molecule has 2 aliphatic heterocycles. The summed E-state index contributed by atoms with van der Waals surface area (Å²) in [5.74, 6) is 0. The Labute approximate surface area is 529 Å². The summed E-state index contributed by atoms with van der Waals surface area (Å²) in [6, 6.07) is 86.3. The van der Waals surface area contributed by atoms with Crippen molar-refractivity contribution in [3.63, 3.8) is 0 Å². The van der Waals surface area contributed by atoms with Gasteiger partial charge in [0.1, 0.15) is 0 Å². The molecule has 0 saturated heterocycles. The van der Waals surface area contributed by atoms with Gasteiger partial charge in [-0.1, -0.05) is 182 Å². The quantitative estimate of drug-likeness (QED) is 0.141. The second-order valence-electron chi connectivity index (χ2n) is 28.2. The van der Waals surface area contributed by atoms with Crippen LogP contribution in [0.5, 0.6) is 0 Å². The van der Waals surface area contributed by atoms with Crippen molar-refractivity contribution in [1.82, 2.24) is 4.57 Å². The normalized spacial score (nSPS) is 13.2. The summed E-state index contributed by atoms with van der Waals surface area (Å²) < 4.78 is 4.85. The predicted octanol–water partition coefficient (Wildman–Crippen LogP) is 21.5. The van der Waals surface area contributed by atoms with Gasteiger partial charge in [0, 0.05) is 107 Å². The van der Waals surface area contributed by atoms with E-state index in [1.165, 1.54) is 114 Å². The molecule has 0 aliphatic carbocycles. The lowest BCUT2D eigenvalue weighted by Crippen LogP contribution is -2.61. The molecule has 0 spiro atoms. The van der Waals surface area contributed by atoms with Gasteiger partial charge in [-0.15, -0.1) is 11.3 Å². The second kappa shape index (κ2) is 20.6. The zero-order valence-electron chi connectivity index (χ0n) is 53.6. The minimum Gasteiger partial charge on any atom is -0.344 e. The molecule has 11 aromatic carbocycles. The fourth-order valence-electron chi connectivity index (χ4n) is 14.0. The highest BCUT2D eigenvalue weighted by Crippen LogP contribution is 2.53. The number of aromatic nitrogens is 1. The van der Waals surface area contributed by atoms with E-state index < -0.39 is 0 Å². The molecular formula is C82H76BN5S. The second-order valence-corrected chi connectivity index (χ2v) is 29.3. The molecule has 0 saturated carbocycles. The van der Waals surface area contributed by atoms with Crippen LogP contribution in [0.15, 0.2) is 224 Å². The van der Waals surface area contributed by atoms with E-state index in [1.807, 2.05) is 11.3 Å². The van der Waals surface area contributed by atoms with Crippen LogP contribution < -0.4 is 36.0 Å². The van der Waals surface area contributed by atoms with E-state index in [0.717, 1.165) is 45.5 Å². The minimum absolute atomic E-state index is 0.0289. The molecule has 0 fully saturated rings. The molecule has 0 unspecified atom stereocenters. The molecule has 89 heavy (non-hydrogen) atoms. The first-order valence-corrected chi connectivity index (χ1v) is 32.4. The van der Waals surface area contributed by atoms with Crippen LogP contribution in [0.3, 0.4) is 0 Å². The Kier molecular flexibility index (Phi) is 13.0. The Hall–Kier alpha value is -9.30. The summed E-state index contributed by atoms with van der Waals surface area (Å²) in [6.45, 7) is 27.6. The summed E-state index contributed by atoms with van der Waals surface area (Å²) >= 11 is 1.89. The number of thiophene rings is 1. The number of benzene rings is 11. The van der Waals surface area contributed by atoms with Crippen LogP contribution in [0.1, 0.15) is 95.7 Å². The Morgan fingerprint density at radius 3 is 1.49 bits per heavy atom. The van der Waals surface area contributed by atoms with Crippen LogP contribution in [0.25, 0.3) is 42.0 Å². The summed E-state index contributed by atoms with van der Waals surface area (Å²) in [7, 11) is 2.18. The largest absolute Gasteiger partial charge is 0.344 e. The molecule has 13 aromatic rings. The molecular weight excluding hydrogens is 1100 g/mol. The molecule has 0 N–H and O–H groups in total. The molecule has 15 rings (SSSR count). The average molecular weight is 1170 g/mol. The first kappa shape index (κ1) is 56.2. The number of hydrogen-bond donors (Lipinski definition) is 0. The molecule has 0 bridgehead atoms. The number of hydrogen-bond acceptors (Lipinski definition) is 5. The molecule has 5 nitrogen and oxygen atoms in total. The van der Waals surface area contributed by atoms with E-state index in [1.54, 1.807) is 0 Å². The number of anilines is 12. The van der Waals surface area contributed by atoms with Crippen molar-refractivity contribution in [3.8, 4) is 0 Å². The number of nitrogens with zero attached hydrogens (tertiary/aromatic N) is 5. The van der Waals surface area contributed by atoms with Crippen molar-refractivity contribution >= 4 is 145 Å². The predicted molar refractivity (Wildman–Crippen MR) is 387 cm³/mol. The average Bonchev–Trinajstić information content (AvgIpc) is 1.51. The van der Waals surface area contributed by atoms with Gasteiger partial charge in [0.2, 0.25) is 0 Å². The van der Waals surface area contributed by atoms with E-state index in [4.69, 9.17) is 0 Å². The van der Waals surface area contributed by atoms with Gasteiger partial charge in [-0.25, -0.2) is 0 Å². The molecule has 0 atom stereocenters. The van der Waals surface area contributed by atoms with Crippen molar-refractivity contribution < 1.29 is 0 Å². The maximum Gasteiger partial charge on any atom is 0.252 e. The van der Waals surface area contributed by atoms with Gasteiger partial charge < -0.3 is 24.2 Å². The van der Waals surface area contributed by atoms with Crippen molar-refractivity contribution in [1.29, 1.82) is 0 Å². The van der Waals surface area contributed by atoms with Gasteiger partial charge in [-0.2, -0.15) is 0 Å². The zero-order valence-corrected chi connectivity index (χ0v) is 54.4. The van der Waals surface area contributed by atoms with Crippen LogP contribution >= 0.6 is 11.3 Å². The van der Waals surface area contributed by atoms with E-state index >= 15 is 0 Å². The van der Waals surface area contributed by atoms with Crippen molar-refractivity contribution in [2.24, 2.45) is 7.05 Å². The van der Waals surface area contributed by atoms with Crippen molar-refractivity contribution in [2.45, 2.75) is 99.3 Å². The van der Waals surface area contributed by atoms with Gasteiger partial charge in [-0.3, -0.25) is 0 Å². The van der Waals surface area contributed by atoms with Crippen LogP contribution in [0, 0.1) is 20.8 Å². The van der Waals surface area contributed by atoms with Crippen LogP contribution in [-0.2, 0) is 23.3 Å². The topological polar surface area (TPSA) is 17.9 Å². The van der Waals surface area contributed by atoms with E-state index in [-0.39, 0.29) is 23.0 Å². The zero-order chi connectivity index (χ0) is 61.6. The van der Waals surface area contributed by atoms with Gasteiger partial charge in [0.05, 0.1) is 10.4 Å². The molecule has 4 heterocycles. The Morgan fingerprint density at radius 1 is 0.360 bits per heavy atom. The lowest BCUT2D eigenvalue weighted by molar-refractivity contribution is 0.590. The molecule has 7 heteroatoms. The number of fused-ring (bicyclic) bond motifs is 10. The van der Waals surface area contributed by atoms with Crippen LogP contribution in [-0.4, -0.2) is 11.3 Å². The van der Waals surface area contributed by atoms with Gasteiger partial charge in [0.25, 0.3) is 6.71 Å². The number of rotatable bonds is 8. The Balaban J connectivity index is 1.03. The van der Waals surface area contributed by atoms with E-state index in [9.17, 15) is 0 Å². The number of para-hydroxylation sites is 1. The molecule has 438 valence electrons. The van der Waals surface area contributed by atoms with Crippen LogP contribution in [0.2, 0.25) is 0 Å². The maximum atomic E-state index is 2.65. The monoisotopic (exact) mass is 1170 g/mol. The Bertz CT molecular complexity index is 4910. The molecule has 0 amide bonds. The molecule has 2 aromatic heterocycles. The summed E-state index contributed by atoms with van der Waals surface area (Å²) in [5, 5.41) is 5.00. The van der Waals surface area contributed by atoms with Crippen molar-refractivity contribution in [2.75, 3.05) is 19.6 Å². The van der Waals surface area contributed by atoms with Gasteiger partial charge >= 0.3 is 0 Å². The third kappa shape index (κ3) is 9.42. The van der Waals surface area contributed by atoms with Crippen LogP contribution in [0.4, 0.5) is 68.2 Å². The molecule has 2 aliphatic rings. The fourth-order valence-corrected chi connectivity index (χ4v) is 15.2. The smallest absolute Gasteiger partial charge is 0.252 e. The van der Waals surface area contributed by atoms with E-state index in [0.29, 0.717) is 0 Å². The minimum atomic E-state index is -0.220. The maximum absolute atomic E-state index is 2.65. The summed E-state index contributed by atoms with van der Waals surface area (Å²) in [5.41, 5.74) is 27.2. The van der Waals surface area contributed by atoms with Gasteiger partial charge in [-0.05, 0) is 191 Å². The molecule has 0 radical (unpaired) electrons. The van der Waals surface area contributed by atoms with Gasteiger partial charge in [0.15, 0.2) is 0 Å². The third-order valence-corrected chi connectivity index (χ3v) is 20.2. The summed E-state index contributed by atoms with van der Waals surface area (Å²) in [6.07, 6.45) is 0. The summed E-state index contributed by atoms with van der Waals surface area (Å²) in [4.78, 5) is 10.2. The van der Waals surface area contributed by atoms with Crippen molar-refractivity contribution in [3.05, 3.63) is 258 Å². The highest BCUT2D eigenvalue weighted by molar-refractivity contribution is 7.26. The third-order valence-electron chi connectivity index (χ3n) is 19.0. The van der Waals surface area contributed by atoms with E-state index in [2.05, 4.69) is 339 Å². The first-order valence-electron chi connectivity index (χ1n) is 31.6. The first-order chi connectivity index (χ1) is 42.7. The lowest BCUT2D eigenvalue weighted by Gasteiger charge is -2.46. The highest BCUT2D eigenvalue weighted by atomic mass is 32.1. The SMILES string of the molecule is Cc1ccc(N(c2ccc3c(c2)N(c2ccc(C(C)(C)C)cc2)c2cc(C(C)(C)C)cc4c2B3c2cc(C(C)(C)C)ccc2N4c2cc(N(c3ccc(C)cc3)c3ccc(C)cc3)c3sc4ccccc4c3c2)c2ccc3c(c2)c2ccccc2n3C)cc1. The Morgan fingerprint density at radius 2 is 0.876 bits per heavy atom.